The van der Waals surface area contributed by atoms with Crippen molar-refractivity contribution < 1.29 is 18.0 Å². The van der Waals surface area contributed by atoms with Crippen molar-refractivity contribution in [1.82, 2.24) is 19.7 Å². The Morgan fingerprint density at radius 1 is 1.14 bits per heavy atom. The molecule has 1 fully saturated rings. The monoisotopic (exact) mass is 452 g/mol. The molecular formula is C19H16BrF3N4O. The number of para-hydroxylation sites is 1. The first-order valence-corrected chi connectivity index (χ1v) is 9.59. The number of carbonyl (C=O) groups is 1. The minimum atomic E-state index is -4.45. The van der Waals surface area contributed by atoms with Crippen LogP contribution in [0, 0.1) is 0 Å². The van der Waals surface area contributed by atoms with Gasteiger partial charge in [-0.3, -0.25) is 9.48 Å². The molecule has 28 heavy (non-hydrogen) atoms. The Morgan fingerprint density at radius 2 is 1.86 bits per heavy atom. The predicted molar refractivity (Wildman–Crippen MR) is 101 cm³/mol. The van der Waals surface area contributed by atoms with Gasteiger partial charge in [-0.05, 0) is 47.0 Å². The number of rotatable bonds is 2. The molecule has 1 amide bonds. The van der Waals surface area contributed by atoms with Gasteiger partial charge in [0.2, 0.25) is 0 Å². The molecule has 0 spiro atoms. The number of piperidine rings is 1. The molecule has 2 aromatic heterocycles. The van der Waals surface area contributed by atoms with Crippen LogP contribution in [0.1, 0.15) is 35.1 Å². The third-order valence-corrected chi connectivity index (χ3v) is 5.51. The van der Waals surface area contributed by atoms with Crippen molar-refractivity contribution >= 4 is 32.7 Å². The molecule has 1 aromatic carbocycles. The van der Waals surface area contributed by atoms with Crippen LogP contribution in [-0.4, -0.2) is 38.7 Å². The molecule has 0 aliphatic carbocycles. The second-order valence-electron chi connectivity index (χ2n) is 6.71. The zero-order valence-electron chi connectivity index (χ0n) is 14.7. The van der Waals surface area contributed by atoms with E-state index >= 15 is 0 Å². The number of aromatic nitrogens is 3. The molecule has 1 aliphatic heterocycles. The molecule has 1 aliphatic rings. The number of likely N-dealkylation sites (tertiary alicyclic amines) is 1. The zero-order valence-corrected chi connectivity index (χ0v) is 16.2. The molecular weight excluding hydrogens is 437 g/mol. The van der Waals surface area contributed by atoms with Crippen LogP contribution in [0.5, 0.6) is 0 Å². The Hall–Kier alpha value is -2.42. The summed E-state index contributed by atoms with van der Waals surface area (Å²) in [4.78, 5) is 19.1. The number of hydrogen-bond acceptors (Lipinski definition) is 3. The van der Waals surface area contributed by atoms with Gasteiger partial charge in [-0.2, -0.15) is 18.3 Å². The van der Waals surface area contributed by atoms with Crippen LogP contribution >= 0.6 is 15.9 Å². The number of hydrogen-bond donors (Lipinski definition) is 0. The Balaban J connectivity index is 1.47. The molecule has 1 saturated heterocycles. The maximum Gasteiger partial charge on any atom is 0.435 e. The average molecular weight is 453 g/mol. The lowest BCUT2D eigenvalue weighted by Crippen LogP contribution is -2.39. The molecule has 3 heterocycles. The second kappa shape index (κ2) is 7.20. The number of carbonyl (C=O) groups excluding carboxylic acids is 1. The van der Waals surface area contributed by atoms with Gasteiger partial charge < -0.3 is 4.90 Å². The van der Waals surface area contributed by atoms with E-state index in [1.54, 1.807) is 4.90 Å². The van der Waals surface area contributed by atoms with Gasteiger partial charge >= 0.3 is 6.18 Å². The van der Waals surface area contributed by atoms with E-state index in [1.165, 1.54) is 10.9 Å². The summed E-state index contributed by atoms with van der Waals surface area (Å²) in [5.41, 5.74) is 0.186. The summed E-state index contributed by atoms with van der Waals surface area (Å²) in [6, 6.07) is 10.2. The first-order chi connectivity index (χ1) is 13.3. The largest absolute Gasteiger partial charge is 0.435 e. The number of halogens is 4. The maximum absolute atomic E-state index is 12.9. The highest BCUT2D eigenvalue weighted by Crippen LogP contribution is 2.30. The fourth-order valence-electron chi connectivity index (χ4n) is 3.42. The van der Waals surface area contributed by atoms with E-state index in [-0.39, 0.29) is 11.9 Å². The molecule has 0 atom stereocenters. The number of amides is 1. The van der Waals surface area contributed by atoms with Crippen LogP contribution in [0.4, 0.5) is 13.2 Å². The normalized spacial score (nSPS) is 15.9. The summed E-state index contributed by atoms with van der Waals surface area (Å²) in [7, 11) is 0. The summed E-state index contributed by atoms with van der Waals surface area (Å²) in [5, 5.41) is 4.58. The first-order valence-electron chi connectivity index (χ1n) is 8.80. The molecule has 0 N–H and O–H groups in total. The quantitative estimate of drug-likeness (QED) is 0.566. The Bertz CT molecular complexity index is 1030. The van der Waals surface area contributed by atoms with E-state index in [0.29, 0.717) is 36.1 Å². The van der Waals surface area contributed by atoms with Gasteiger partial charge in [-0.1, -0.05) is 18.2 Å². The highest BCUT2D eigenvalue weighted by Gasteiger charge is 2.35. The standard InChI is InChI=1S/C19H16BrF3N4O/c20-14-11-12-3-1-2-4-15(12)24-17(14)18(28)26-8-5-13(6-9-26)27-10-7-16(25-27)19(21,22)23/h1-4,7,10-11,13H,5-6,8-9H2. The average Bonchev–Trinajstić information content (AvgIpc) is 3.18. The molecule has 146 valence electrons. The van der Waals surface area contributed by atoms with Gasteiger partial charge in [-0.25, -0.2) is 4.98 Å². The van der Waals surface area contributed by atoms with E-state index < -0.39 is 11.9 Å². The topological polar surface area (TPSA) is 51.0 Å². The number of pyridine rings is 1. The van der Waals surface area contributed by atoms with Crippen molar-refractivity contribution in [2.24, 2.45) is 0 Å². The number of alkyl halides is 3. The minimum Gasteiger partial charge on any atom is -0.337 e. The SMILES string of the molecule is O=C(c1nc2ccccc2cc1Br)N1CCC(n2ccc(C(F)(F)F)n2)CC1. The van der Waals surface area contributed by atoms with Gasteiger partial charge in [0, 0.05) is 29.1 Å². The molecule has 0 saturated carbocycles. The fraction of sp³-hybridized carbons (Fsp3) is 0.316. The molecule has 0 unspecified atom stereocenters. The predicted octanol–water partition coefficient (Wildman–Crippen LogP) is 4.69. The number of fused-ring (bicyclic) bond motifs is 1. The number of benzene rings is 1. The lowest BCUT2D eigenvalue weighted by atomic mass is 10.0. The summed E-state index contributed by atoms with van der Waals surface area (Å²) in [6.07, 6.45) is -2.02. The molecule has 0 radical (unpaired) electrons. The van der Waals surface area contributed by atoms with Crippen molar-refractivity contribution in [3.8, 4) is 0 Å². The van der Waals surface area contributed by atoms with Crippen LogP contribution in [0.25, 0.3) is 10.9 Å². The van der Waals surface area contributed by atoms with E-state index in [1.807, 2.05) is 30.3 Å². The highest BCUT2D eigenvalue weighted by atomic mass is 79.9. The third-order valence-electron chi connectivity index (χ3n) is 4.90. The van der Waals surface area contributed by atoms with Crippen LogP contribution in [0.3, 0.4) is 0 Å². The summed E-state index contributed by atoms with van der Waals surface area (Å²) < 4.78 is 40.2. The van der Waals surface area contributed by atoms with Crippen LogP contribution in [-0.2, 0) is 6.18 Å². The molecule has 0 bridgehead atoms. The van der Waals surface area contributed by atoms with E-state index in [9.17, 15) is 18.0 Å². The summed E-state index contributed by atoms with van der Waals surface area (Å²) >= 11 is 3.42. The van der Waals surface area contributed by atoms with Gasteiger partial charge in [0.1, 0.15) is 5.69 Å². The van der Waals surface area contributed by atoms with Crippen molar-refractivity contribution in [3.63, 3.8) is 0 Å². The van der Waals surface area contributed by atoms with Crippen molar-refractivity contribution in [1.29, 1.82) is 0 Å². The van der Waals surface area contributed by atoms with Crippen LogP contribution in [0.2, 0.25) is 0 Å². The van der Waals surface area contributed by atoms with Crippen LogP contribution < -0.4 is 0 Å². The van der Waals surface area contributed by atoms with E-state index in [4.69, 9.17) is 0 Å². The molecule has 9 heteroatoms. The highest BCUT2D eigenvalue weighted by molar-refractivity contribution is 9.10. The van der Waals surface area contributed by atoms with E-state index in [2.05, 4.69) is 26.0 Å². The molecule has 5 nitrogen and oxygen atoms in total. The van der Waals surface area contributed by atoms with Crippen molar-refractivity contribution in [2.75, 3.05) is 13.1 Å². The van der Waals surface area contributed by atoms with Gasteiger partial charge in [0.15, 0.2) is 5.69 Å². The smallest absolute Gasteiger partial charge is 0.337 e. The van der Waals surface area contributed by atoms with E-state index in [0.717, 1.165) is 17.0 Å². The lowest BCUT2D eigenvalue weighted by Gasteiger charge is -2.32. The second-order valence-corrected chi connectivity index (χ2v) is 7.57. The summed E-state index contributed by atoms with van der Waals surface area (Å²) in [6.45, 7) is 0.872. The third kappa shape index (κ3) is 3.63. The molecule has 3 aromatic rings. The van der Waals surface area contributed by atoms with Crippen LogP contribution in [0.15, 0.2) is 47.1 Å². The maximum atomic E-state index is 12.9. The van der Waals surface area contributed by atoms with Crippen molar-refractivity contribution in [3.05, 3.63) is 58.5 Å². The first kappa shape index (κ1) is 18.9. The Labute approximate surface area is 167 Å². The Kier molecular flexibility index (Phi) is 4.86. The Morgan fingerprint density at radius 3 is 2.54 bits per heavy atom. The zero-order chi connectivity index (χ0) is 19.9. The summed E-state index contributed by atoms with van der Waals surface area (Å²) in [5.74, 6) is -0.187. The fourth-order valence-corrected chi connectivity index (χ4v) is 3.92. The van der Waals surface area contributed by atoms with Gasteiger partial charge in [-0.15, -0.1) is 0 Å². The molecule has 4 rings (SSSR count). The van der Waals surface area contributed by atoms with Gasteiger partial charge in [0.05, 0.1) is 11.6 Å². The lowest BCUT2D eigenvalue weighted by molar-refractivity contribution is -0.141. The van der Waals surface area contributed by atoms with Gasteiger partial charge in [0.25, 0.3) is 5.91 Å². The minimum absolute atomic E-state index is 0.159. The van der Waals surface area contributed by atoms with Crippen molar-refractivity contribution in [2.45, 2.75) is 25.1 Å². The number of nitrogens with zero attached hydrogens (tertiary/aromatic N) is 4.